The van der Waals surface area contributed by atoms with Crippen molar-refractivity contribution in [3.63, 3.8) is 0 Å². The third kappa shape index (κ3) is 4.23. The summed E-state index contributed by atoms with van der Waals surface area (Å²) in [5, 5.41) is 0. The summed E-state index contributed by atoms with van der Waals surface area (Å²) in [6.45, 7) is 7.25. The fraction of sp³-hybridized carbons (Fsp3) is 0.562. The van der Waals surface area contributed by atoms with Gasteiger partial charge in [0.15, 0.2) is 6.10 Å². The molecule has 0 saturated carbocycles. The average Bonchev–Trinajstić information content (AvgIpc) is 2.94. The lowest BCUT2D eigenvalue weighted by molar-refractivity contribution is -0.150. The Morgan fingerprint density at radius 1 is 1.25 bits per heavy atom. The average molecular weight is 277 g/mol. The van der Waals surface area contributed by atoms with Crippen molar-refractivity contribution in [3.8, 4) is 5.75 Å². The summed E-state index contributed by atoms with van der Waals surface area (Å²) in [6, 6.07) is 7.96. The molecule has 1 atom stereocenters. The second kappa shape index (κ2) is 7.29. The van der Waals surface area contributed by atoms with Gasteiger partial charge in [0.25, 0.3) is 0 Å². The minimum absolute atomic E-state index is 0.325. The summed E-state index contributed by atoms with van der Waals surface area (Å²) in [7, 11) is 0. The van der Waals surface area contributed by atoms with Gasteiger partial charge in [-0.05, 0) is 57.5 Å². The zero-order valence-electron chi connectivity index (χ0n) is 12.3. The van der Waals surface area contributed by atoms with Crippen molar-refractivity contribution in [3.05, 3.63) is 29.8 Å². The number of ether oxygens (including phenoxy) is 2. The Hall–Kier alpha value is -1.55. The molecule has 4 heteroatoms. The zero-order valence-corrected chi connectivity index (χ0v) is 12.3. The van der Waals surface area contributed by atoms with Gasteiger partial charge in [0.1, 0.15) is 5.75 Å². The van der Waals surface area contributed by atoms with Gasteiger partial charge < -0.3 is 9.47 Å². The van der Waals surface area contributed by atoms with Gasteiger partial charge >= 0.3 is 5.97 Å². The third-order valence-electron chi connectivity index (χ3n) is 3.46. The second-order valence-corrected chi connectivity index (χ2v) is 5.14. The van der Waals surface area contributed by atoms with E-state index in [0.717, 1.165) is 6.54 Å². The Bertz CT molecular complexity index is 424. The number of esters is 1. The van der Waals surface area contributed by atoms with Gasteiger partial charge in [0.05, 0.1) is 6.61 Å². The predicted molar refractivity (Wildman–Crippen MR) is 77.7 cm³/mol. The van der Waals surface area contributed by atoms with Gasteiger partial charge in [-0.15, -0.1) is 0 Å². The number of nitrogens with zero attached hydrogens (tertiary/aromatic N) is 1. The molecule has 2 rings (SSSR count). The van der Waals surface area contributed by atoms with Crippen LogP contribution in [0, 0.1) is 0 Å². The van der Waals surface area contributed by atoms with E-state index in [1.807, 2.05) is 12.1 Å². The summed E-state index contributed by atoms with van der Waals surface area (Å²) >= 11 is 0. The minimum atomic E-state index is -0.570. The molecular formula is C16H23NO3. The molecule has 1 aromatic rings. The van der Waals surface area contributed by atoms with E-state index in [9.17, 15) is 4.79 Å². The second-order valence-electron chi connectivity index (χ2n) is 5.14. The zero-order chi connectivity index (χ0) is 14.4. The number of hydrogen-bond acceptors (Lipinski definition) is 4. The van der Waals surface area contributed by atoms with Gasteiger partial charge in [-0.25, -0.2) is 4.79 Å². The quantitative estimate of drug-likeness (QED) is 0.749. The Morgan fingerprint density at radius 2 is 1.90 bits per heavy atom. The predicted octanol–water partition coefficient (Wildman–Crippen LogP) is 2.61. The lowest BCUT2D eigenvalue weighted by Gasteiger charge is -2.16. The third-order valence-corrected chi connectivity index (χ3v) is 3.46. The maximum Gasteiger partial charge on any atom is 0.347 e. The van der Waals surface area contributed by atoms with E-state index in [4.69, 9.17) is 9.47 Å². The van der Waals surface area contributed by atoms with Crippen LogP contribution in [0.5, 0.6) is 5.75 Å². The van der Waals surface area contributed by atoms with Crippen LogP contribution in [0.2, 0.25) is 0 Å². The summed E-state index contributed by atoms with van der Waals surface area (Å²) in [4.78, 5) is 13.9. The Balaban J connectivity index is 1.85. The maximum atomic E-state index is 11.5. The topological polar surface area (TPSA) is 38.8 Å². The van der Waals surface area contributed by atoms with Crippen molar-refractivity contribution in [1.29, 1.82) is 0 Å². The molecular weight excluding hydrogens is 254 g/mol. The van der Waals surface area contributed by atoms with E-state index in [2.05, 4.69) is 17.0 Å². The molecule has 110 valence electrons. The molecule has 0 aliphatic carbocycles. The molecule has 1 saturated heterocycles. The number of hydrogen-bond donors (Lipinski definition) is 0. The van der Waals surface area contributed by atoms with Gasteiger partial charge in [0.2, 0.25) is 0 Å². The molecule has 20 heavy (non-hydrogen) atoms. The van der Waals surface area contributed by atoms with Crippen molar-refractivity contribution in [2.45, 2.75) is 39.3 Å². The molecule has 1 aliphatic rings. The Labute approximate surface area is 120 Å². The Kier molecular flexibility index (Phi) is 5.41. The van der Waals surface area contributed by atoms with Crippen molar-refractivity contribution in [2.75, 3.05) is 19.7 Å². The number of carbonyl (C=O) groups excluding carboxylic acids is 1. The van der Waals surface area contributed by atoms with Crippen LogP contribution in [0.15, 0.2) is 24.3 Å². The lowest BCUT2D eigenvalue weighted by atomic mass is 10.2. The molecule has 1 aliphatic heterocycles. The standard InChI is InChI=1S/C16H23NO3/c1-3-19-16(18)13(2)20-15-8-6-14(7-9-15)12-17-10-4-5-11-17/h6-9,13H,3-5,10-12H2,1-2H3. The van der Waals surface area contributed by atoms with Gasteiger partial charge in [-0.3, -0.25) is 4.90 Å². The highest BCUT2D eigenvalue weighted by Crippen LogP contribution is 2.17. The van der Waals surface area contributed by atoms with Gasteiger partial charge in [0, 0.05) is 6.54 Å². The molecule has 0 radical (unpaired) electrons. The number of carbonyl (C=O) groups is 1. The van der Waals surface area contributed by atoms with Gasteiger partial charge in [-0.2, -0.15) is 0 Å². The van der Waals surface area contributed by atoms with Gasteiger partial charge in [-0.1, -0.05) is 12.1 Å². The fourth-order valence-electron chi connectivity index (χ4n) is 2.38. The number of likely N-dealkylation sites (tertiary alicyclic amines) is 1. The number of benzene rings is 1. The first-order chi connectivity index (χ1) is 9.69. The van der Waals surface area contributed by atoms with Crippen molar-refractivity contribution in [1.82, 2.24) is 4.90 Å². The maximum absolute atomic E-state index is 11.5. The van der Waals surface area contributed by atoms with Crippen LogP contribution in [-0.2, 0) is 16.1 Å². The highest BCUT2D eigenvalue weighted by molar-refractivity contribution is 5.74. The van der Waals surface area contributed by atoms with Crippen LogP contribution < -0.4 is 4.74 Å². The first-order valence-electron chi connectivity index (χ1n) is 7.33. The Morgan fingerprint density at radius 3 is 2.50 bits per heavy atom. The van der Waals surface area contributed by atoms with Crippen LogP contribution in [0.25, 0.3) is 0 Å². The fourth-order valence-corrected chi connectivity index (χ4v) is 2.38. The molecule has 1 unspecified atom stereocenters. The van der Waals surface area contributed by atoms with E-state index in [-0.39, 0.29) is 5.97 Å². The summed E-state index contributed by atoms with van der Waals surface area (Å²) in [6.07, 6.45) is 2.04. The SMILES string of the molecule is CCOC(=O)C(C)Oc1ccc(CN2CCCC2)cc1. The summed E-state index contributed by atoms with van der Waals surface area (Å²) in [5.41, 5.74) is 1.28. The van der Waals surface area contributed by atoms with E-state index < -0.39 is 6.10 Å². The van der Waals surface area contributed by atoms with Crippen molar-refractivity contribution in [2.24, 2.45) is 0 Å². The largest absolute Gasteiger partial charge is 0.479 e. The highest BCUT2D eigenvalue weighted by atomic mass is 16.6. The molecule has 0 bridgehead atoms. The van der Waals surface area contributed by atoms with Crippen molar-refractivity contribution >= 4 is 5.97 Å². The van der Waals surface area contributed by atoms with Crippen LogP contribution in [-0.4, -0.2) is 36.7 Å². The molecule has 1 heterocycles. The molecule has 1 aromatic carbocycles. The summed E-state index contributed by atoms with van der Waals surface area (Å²) in [5.74, 6) is 0.379. The van der Waals surface area contributed by atoms with E-state index in [1.54, 1.807) is 13.8 Å². The highest BCUT2D eigenvalue weighted by Gasteiger charge is 2.16. The molecule has 0 aromatic heterocycles. The van der Waals surface area contributed by atoms with E-state index in [1.165, 1.54) is 31.5 Å². The van der Waals surface area contributed by atoms with Crippen LogP contribution in [0.1, 0.15) is 32.3 Å². The normalized spacial score (nSPS) is 16.9. The first kappa shape index (κ1) is 14.9. The van der Waals surface area contributed by atoms with E-state index in [0.29, 0.717) is 12.4 Å². The molecule has 0 N–H and O–H groups in total. The minimum Gasteiger partial charge on any atom is -0.479 e. The first-order valence-corrected chi connectivity index (χ1v) is 7.33. The molecule has 4 nitrogen and oxygen atoms in total. The molecule has 0 amide bonds. The van der Waals surface area contributed by atoms with Crippen LogP contribution in [0.3, 0.4) is 0 Å². The number of rotatable bonds is 6. The summed E-state index contributed by atoms with van der Waals surface area (Å²) < 4.78 is 10.5. The van der Waals surface area contributed by atoms with Crippen LogP contribution in [0.4, 0.5) is 0 Å². The molecule has 0 spiro atoms. The molecule has 1 fully saturated rings. The smallest absolute Gasteiger partial charge is 0.347 e. The van der Waals surface area contributed by atoms with E-state index >= 15 is 0 Å². The van der Waals surface area contributed by atoms with Crippen molar-refractivity contribution < 1.29 is 14.3 Å². The lowest BCUT2D eigenvalue weighted by Crippen LogP contribution is -2.26. The van der Waals surface area contributed by atoms with Crippen LogP contribution >= 0.6 is 0 Å². The monoisotopic (exact) mass is 277 g/mol.